The van der Waals surface area contributed by atoms with Crippen LogP contribution in [0.2, 0.25) is 0 Å². The normalized spacial score (nSPS) is 17.9. The second-order valence-corrected chi connectivity index (χ2v) is 19.7. The number of hydrogen-bond donors (Lipinski definition) is 2. The predicted molar refractivity (Wildman–Crippen MR) is 266 cm³/mol. The summed E-state index contributed by atoms with van der Waals surface area (Å²) in [5, 5.41) is 22.9. The first-order valence-corrected chi connectivity index (χ1v) is 24.5. The highest BCUT2D eigenvalue weighted by molar-refractivity contribution is 7.81. The minimum absolute atomic E-state index is 0.0283. The molecule has 3 aliphatic heterocycles. The number of likely N-dealkylation sites (tertiary alicyclic amines) is 1. The van der Waals surface area contributed by atoms with Crippen LogP contribution in [0.15, 0.2) is 90.4 Å². The molecule has 376 valence electrons. The molecule has 1 aromatic heterocycles. The van der Waals surface area contributed by atoms with Gasteiger partial charge in [-0.15, -0.1) is 11.3 Å². The molecule has 72 heavy (non-hydrogen) atoms. The fourth-order valence-corrected chi connectivity index (χ4v) is 10.6. The van der Waals surface area contributed by atoms with Gasteiger partial charge in [-0.25, -0.2) is 4.98 Å². The van der Waals surface area contributed by atoms with Crippen molar-refractivity contribution in [3.05, 3.63) is 124 Å². The lowest BCUT2D eigenvalue weighted by atomic mass is 10.0. The summed E-state index contributed by atoms with van der Waals surface area (Å²) in [4.78, 5) is 66.1. The molecule has 0 bridgehead atoms. The zero-order chi connectivity index (χ0) is 51.6. The van der Waals surface area contributed by atoms with E-state index in [1.165, 1.54) is 22.3 Å². The number of hydrogen-bond acceptors (Lipinski definition) is 12. The SMILES string of the molecule is Cc1ncsc1-c1ccc(CNC(=O)[C@@H]2C[C@@H](O)CN2C(=O)[C@H](C(C)C)N2Cc3ccccc3C2=O)c(OCCOCCOc2ccc(N3C(=S)N(c4ccc(C#N)c(C(F)(F)F)c4)C(=O)C3(C)C)cc2)c1. The van der Waals surface area contributed by atoms with Crippen molar-refractivity contribution in [2.75, 3.05) is 42.8 Å². The van der Waals surface area contributed by atoms with Gasteiger partial charge in [0, 0.05) is 42.9 Å². The number of anilines is 2. The van der Waals surface area contributed by atoms with Crippen molar-refractivity contribution in [1.29, 1.82) is 5.26 Å². The van der Waals surface area contributed by atoms with Gasteiger partial charge in [-0.3, -0.25) is 24.1 Å². The van der Waals surface area contributed by atoms with Crippen molar-refractivity contribution in [2.45, 2.75) is 84.0 Å². The number of carbonyl (C=O) groups excluding carboxylic acids is 4. The van der Waals surface area contributed by atoms with E-state index >= 15 is 0 Å². The van der Waals surface area contributed by atoms with Crippen molar-refractivity contribution in [2.24, 2.45) is 5.92 Å². The summed E-state index contributed by atoms with van der Waals surface area (Å²) in [5.41, 5.74) is 2.94. The van der Waals surface area contributed by atoms with Gasteiger partial charge in [0.25, 0.3) is 11.8 Å². The molecule has 3 aliphatic rings. The van der Waals surface area contributed by atoms with Crippen molar-refractivity contribution in [3.8, 4) is 28.0 Å². The Bertz CT molecular complexity index is 2940. The van der Waals surface area contributed by atoms with E-state index in [0.29, 0.717) is 28.3 Å². The number of carbonyl (C=O) groups is 4. The summed E-state index contributed by atoms with van der Waals surface area (Å²) >= 11 is 7.13. The largest absolute Gasteiger partial charge is 0.491 e. The van der Waals surface area contributed by atoms with Gasteiger partial charge in [0.05, 0.1) is 58.3 Å². The maximum absolute atomic E-state index is 14.3. The van der Waals surface area contributed by atoms with Crippen LogP contribution in [-0.4, -0.2) is 105 Å². The molecule has 0 radical (unpaired) electrons. The number of amides is 4. The summed E-state index contributed by atoms with van der Waals surface area (Å²) in [6, 6.07) is 22.4. The number of fused-ring (bicyclic) bond motifs is 1. The minimum Gasteiger partial charge on any atom is -0.491 e. The Morgan fingerprint density at radius 3 is 2.36 bits per heavy atom. The van der Waals surface area contributed by atoms with E-state index in [4.69, 9.17) is 26.4 Å². The van der Waals surface area contributed by atoms with Crippen LogP contribution < -0.4 is 24.6 Å². The van der Waals surface area contributed by atoms with E-state index in [1.54, 1.807) is 71.6 Å². The molecule has 20 heteroatoms. The number of benzene rings is 4. The Morgan fingerprint density at radius 2 is 1.69 bits per heavy atom. The first kappa shape index (κ1) is 51.4. The van der Waals surface area contributed by atoms with Gasteiger partial charge in [0.2, 0.25) is 11.8 Å². The van der Waals surface area contributed by atoms with Crippen molar-refractivity contribution < 1.29 is 51.7 Å². The third kappa shape index (κ3) is 10.4. The number of β-amino-alcohol motifs (C(OH)–C–C–N with tert-alkyl or cyclic N) is 1. The lowest BCUT2D eigenvalue weighted by molar-refractivity contribution is -0.143. The van der Waals surface area contributed by atoms with Gasteiger partial charge >= 0.3 is 6.18 Å². The Morgan fingerprint density at radius 1 is 0.986 bits per heavy atom. The predicted octanol–water partition coefficient (Wildman–Crippen LogP) is 7.66. The molecule has 5 aromatic rings. The fourth-order valence-electron chi connectivity index (χ4n) is 9.29. The van der Waals surface area contributed by atoms with Crippen LogP contribution in [0.4, 0.5) is 24.5 Å². The standard InChI is InChI=1S/C52H52F3N7O8S2/c1-30(2)44(60-27-35-8-6-7-9-40(35)47(60)65)48(66)59-28-38(63)24-42(59)46(64)57-26-34-11-10-32(45-31(3)58-29-72-45)22-43(34)70-21-19-68-18-20-69-39-16-14-36(15-17-39)62-50(71)61(49(67)51(62,4)5)37-13-12-33(25-56)41(23-37)52(53,54)55/h6-17,22-23,29-30,38,42,44,63H,18-21,24,26-28H2,1-5H3,(H,57,64)/t38-,42+,44+/m1/s1. The molecule has 4 heterocycles. The molecule has 4 aromatic carbocycles. The van der Waals surface area contributed by atoms with Gasteiger partial charge in [-0.05, 0) is 105 Å². The molecule has 8 rings (SSSR count). The highest BCUT2D eigenvalue weighted by Gasteiger charge is 2.51. The lowest BCUT2D eigenvalue weighted by Gasteiger charge is -2.35. The number of aromatic nitrogens is 1. The maximum Gasteiger partial charge on any atom is 0.417 e. The number of alkyl halides is 3. The molecule has 0 saturated carbocycles. The monoisotopic (exact) mass is 1020 g/mol. The maximum atomic E-state index is 14.3. The van der Waals surface area contributed by atoms with Crippen LogP contribution in [0.1, 0.15) is 72.4 Å². The van der Waals surface area contributed by atoms with Crippen LogP contribution in [0, 0.1) is 24.2 Å². The number of halogens is 3. The molecular weight excluding hydrogens is 972 g/mol. The highest BCUT2D eigenvalue weighted by atomic mass is 32.1. The van der Waals surface area contributed by atoms with E-state index in [0.717, 1.165) is 38.7 Å². The molecule has 4 amide bonds. The number of aliphatic hydroxyl groups excluding tert-OH is 1. The summed E-state index contributed by atoms with van der Waals surface area (Å²) in [7, 11) is 0. The summed E-state index contributed by atoms with van der Waals surface area (Å²) < 4.78 is 59.3. The number of thiocarbonyl (C=S) groups is 1. The van der Waals surface area contributed by atoms with Gasteiger partial charge in [0.15, 0.2) is 5.11 Å². The molecule has 0 aliphatic carbocycles. The van der Waals surface area contributed by atoms with Crippen LogP contribution in [-0.2, 0) is 38.4 Å². The number of nitriles is 1. The average Bonchev–Trinajstić information content (AvgIpc) is 4.09. The Hall–Kier alpha value is -6.92. The number of thiazole rings is 1. The molecule has 2 N–H and O–H groups in total. The number of aryl methyl sites for hydroxylation is 1. The van der Waals surface area contributed by atoms with Crippen molar-refractivity contribution >= 4 is 63.7 Å². The van der Waals surface area contributed by atoms with E-state index in [9.17, 15) is 42.7 Å². The summed E-state index contributed by atoms with van der Waals surface area (Å²) in [5.74, 6) is -0.892. The van der Waals surface area contributed by atoms with E-state index in [2.05, 4.69) is 10.3 Å². The Balaban J connectivity index is 0.855. The topological polar surface area (TPSA) is 178 Å². The number of nitrogens with one attached hydrogen (secondary N) is 1. The third-order valence-electron chi connectivity index (χ3n) is 12.9. The molecule has 2 fully saturated rings. The number of aliphatic hydroxyl groups is 1. The van der Waals surface area contributed by atoms with Gasteiger partial charge in [-0.1, -0.05) is 44.2 Å². The lowest BCUT2D eigenvalue weighted by Crippen LogP contribution is -2.55. The molecule has 3 atom stereocenters. The molecule has 0 unspecified atom stereocenters. The van der Waals surface area contributed by atoms with Gasteiger partial charge in [-0.2, -0.15) is 18.4 Å². The van der Waals surface area contributed by atoms with Crippen molar-refractivity contribution in [3.63, 3.8) is 0 Å². The quantitative estimate of drug-likeness (QED) is 0.0688. The van der Waals surface area contributed by atoms with E-state index in [1.807, 2.05) is 51.1 Å². The first-order chi connectivity index (χ1) is 34.3. The average molecular weight is 1020 g/mol. The van der Waals surface area contributed by atoms with Gasteiger partial charge < -0.3 is 39.3 Å². The summed E-state index contributed by atoms with van der Waals surface area (Å²) in [6.07, 6.45) is -5.69. The second-order valence-electron chi connectivity index (χ2n) is 18.4. The smallest absolute Gasteiger partial charge is 0.417 e. The summed E-state index contributed by atoms with van der Waals surface area (Å²) in [6.45, 7) is 9.87. The Labute approximate surface area is 423 Å². The van der Waals surface area contributed by atoms with E-state index < -0.39 is 58.8 Å². The Kier molecular flexibility index (Phi) is 15.0. The van der Waals surface area contributed by atoms with Crippen LogP contribution in [0.5, 0.6) is 11.5 Å². The number of ether oxygens (including phenoxy) is 3. The third-order valence-corrected chi connectivity index (χ3v) is 14.2. The fraction of sp³-hybridized carbons (Fsp3) is 0.365. The van der Waals surface area contributed by atoms with Crippen LogP contribution >= 0.6 is 23.6 Å². The first-order valence-electron chi connectivity index (χ1n) is 23.2. The highest BCUT2D eigenvalue weighted by Crippen LogP contribution is 2.40. The minimum atomic E-state index is -4.82. The zero-order valence-corrected chi connectivity index (χ0v) is 41.7. The molecule has 2 saturated heterocycles. The van der Waals surface area contributed by atoms with Crippen LogP contribution in [0.3, 0.4) is 0 Å². The van der Waals surface area contributed by atoms with Crippen molar-refractivity contribution in [1.82, 2.24) is 20.1 Å². The van der Waals surface area contributed by atoms with E-state index in [-0.39, 0.29) is 75.1 Å². The zero-order valence-electron chi connectivity index (χ0n) is 40.1. The molecule has 0 spiro atoms. The second kappa shape index (κ2) is 21.0. The molecule has 15 nitrogen and oxygen atoms in total. The molecular formula is C52H52F3N7O8S2. The number of nitrogens with zero attached hydrogens (tertiary/aromatic N) is 6. The van der Waals surface area contributed by atoms with Gasteiger partial charge in [0.1, 0.15) is 42.3 Å². The van der Waals surface area contributed by atoms with Crippen LogP contribution in [0.25, 0.3) is 10.4 Å². The number of rotatable bonds is 17.